The summed E-state index contributed by atoms with van der Waals surface area (Å²) in [7, 11) is 1.58. The zero-order chi connectivity index (χ0) is 13.1. The van der Waals surface area contributed by atoms with Crippen LogP contribution in [0.25, 0.3) is 11.3 Å². The van der Waals surface area contributed by atoms with Gasteiger partial charge in [-0.3, -0.25) is 4.98 Å². The van der Waals surface area contributed by atoms with Crippen LogP contribution < -0.4 is 10.5 Å². The normalized spacial score (nSPS) is 9.83. The Bertz CT molecular complexity index is 629. The van der Waals surface area contributed by atoms with Crippen LogP contribution in [0.1, 0.15) is 11.1 Å². The van der Waals surface area contributed by atoms with E-state index in [0.29, 0.717) is 22.7 Å². The zero-order valence-corrected chi connectivity index (χ0v) is 10.3. The van der Waals surface area contributed by atoms with E-state index in [1.165, 1.54) is 0 Å². The van der Waals surface area contributed by atoms with E-state index in [1.807, 2.05) is 13.0 Å². The molecule has 0 aliphatic carbocycles. The smallest absolute Gasteiger partial charge is 0.128 e. The Kier molecular flexibility index (Phi) is 3.16. The Morgan fingerprint density at radius 2 is 2.11 bits per heavy atom. The summed E-state index contributed by atoms with van der Waals surface area (Å²) in [5.74, 6) is 0.652. The molecule has 0 saturated carbocycles. The van der Waals surface area contributed by atoms with Gasteiger partial charge in [0.25, 0.3) is 0 Å². The highest BCUT2D eigenvalue weighted by molar-refractivity contribution is 5.79. The SMILES string of the molecule is COc1ccc(C#N)cc1-c1nccc(C)c1N. The van der Waals surface area contributed by atoms with Crippen molar-refractivity contribution >= 4 is 5.69 Å². The number of aromatic nitrogens is 1. The van der Waals surface area contributed by atoms with Gasteiger partial charge in [-0.05, 0) is 36.8 Å². The Morgan fingerprint density at radius 3 is 2.78 bits per heavy atom. The third kappa shape index (κ3) is 1.98. The van der Waals surface area contributed by atoms with Crippen molar-refractivity contribution in [3.63, 3.8) is 0 Å². The van der Waals surface area contributed by atoms with Gasteiger partial charge in [-0.15, -0.1) is 0 Å². The van der Waals surface area contributed by atoms with E-state index < -0.39 is 0 Å². The number of nitrogens with two attached hydrogens (primary N) is 1. The maximum atomic E-state index is 8.95. The first-order chi connectivity index (χ1) is 8.67. The van der Waals surface area contributed by atoms with Crippen LogP contribution in [0.4, 0.5) is 5.69 Å². The number of methoxy groups -OCH3 is 1. The van der Waals surface area contributed by atoms with Crippen molar-refractivity contribution in [2.24, 2.45) is 0 Å². The molecule has 1 heterocycles. The number of anilines is 1. The highest BCUT2D eigenvalue weighted by Gasteiger charge is 2.12. The first-order valence-electron chi connectivity index (χ1n) is 5.47. The van der Waals surface area contributed by atoms with Gasteiger partial charge in [0.2, 0.25) is 0 Å². The van der Waals surface area contributed by atoms with Crippen LogP contribution in [0, 0.1) is 18.3 Å². The van der Waals surface area contributed by atoms with Crippen molar-refractivity contribution in [1.82, 2.24) is 4.98 Å². The molecule has 4 heteroatoms. The first kappa shape index (κ1) is 11.9. The second kappa shape index (κ2) is 4.76. The van der Waals surface area contributed by atoms with Gasteiger partial charge in [-0.2, -0.15) is 5.26 Å². The summed E-state index contributed by atoms with van der Waals surface area (Å²) in [4.78, 5) is 4.28. The molecule has 2 N–H and O–H groups in total. The summed E-state index contributed by atoms with van der Waals surface area (Å²) < 4.78 is 5.29. The van der Waals surface area contributed by atoms with E-state index in [4.69, 9.17) is 15.7 Å². The molecule has 0 aliphatic heterocycles. The fraction of sp³-hybridized carbons (Fsp3) is 0.143. The number of pyridine rings is 1. The number of rotatable bonds is 2. The lowest BCUT2D eigenvalue weighted by molar-refractivity contribution is 0.416. The largest absolute Gasteiger partial charge is 0.496 e. The van der Waals surface area contributed by atoms with Crippen molar-refractivity contribution in [3.8, 4) is 23.1 Å². The van der Waals surface area contributed by atoms with Gasteiger partial charge in [0, 0.05) is 11.8 Å². The molecule has 4 nitrogen and oxygen atoms in total. The maximum absolute atomic E-state index is 8.95. The van der Waals surface area contributed by atoms with Crippen molar-refractivity contribution < 1.29 is 4.74 Å². The summed E-state index contributed by atoms with van der Waals surface area (Å²) in [6.07, 6.45) is 1.69. The highest BCUT2D eigenvalue weighted by Crippen LogP contribution is 2.33. The van der Waals surface area contributed by atoms with Gasteiger partial charge in [0.1, 0.15) is 5.75 Å². The number of nitriles is 1. The molecule has 0 amide bonds. The van der Waals surface area contributed by atoms with E-state index in [-0.39, 0.29) is 0 Å². The number of benzene rings is 1. The molecule has 18 heavy (non-hydrogen) atoms. The monoisotopic (exact) mass is 239 g/mol. The molecule has 0 atom stereocenters. The standard InChI is InChI=1S/C14H13N3O/c1-9-5-6-17-14(13(9)16)11-7-10(8-15)3-4-12(11)18-2/h3-7H,16H2,1-2H3. The van der Waals surface area contributed by atoms with Crippen molar-refractivity contribution in [2.75, 3.05) is 12.8 Å². The van der Waals surface area contributed by atoms with Crippen LogP contribution in [0.15, 0.2) is 30.5 Å². The minimum absolute atomic E-state index is 0.550. The highest BCUT2D eigenvalue weighted by atomic mass is 16.5. The predicted octanol–water partition coefficient (Wildman–Crippen LogP) is 2.52. The summed E-state index contributed by atoms with van der Waals surface area (Å²) in [6.45, 7) is 1.92. The van der Waals surface area contributed by atoms with Crippen LogP contribution in [0.3, 0.4) is 0 Å². The van der Waals surface area contributed by atoms with Crippen molar-refractivity contribution in [1.29, 1.82) is 5.26 Å². The number of hydrogen-bond acceptors (Lipinski definition) is 4. The molecule has 1 aromatic carbocycles. The molecule has 0 radical (unpaired) electrons. The molecule has 0 unspecified atom stereocenters. The maximum Gasteiger partial charge on any atom is 0.128 e. The van der Waals surface area contributed by atoms with Crippen LogP contribution in [0.2, 0.25) is 0 Å². The minimum Gasteiger partial charge on any atom is -0.496 e. The van der Waals surface area contributed by atoms with Crippen molar-refractivity contribution in [2.45, 2.75) is 6.92 Å². The molecule has 2 rings (SSSR count). The second-order valence-corrected chi connectivity index (χ2v) is 3.92. The van der Waals surface area contributed by atoms with Crippen LogP contribution in [0.5, 0.6) is 5.75 Å². The Labute approximate surface area is 106 Å². The van der Waals surface area contributed by atoms with Crippen molar-refractivity contribution in [3.05, 3.63) is 41.6 Å². The molecule has 90 valence electrons. The molecule has 0 aliphatic rings. The first-order valence-corrected chi connectivity index (χ1v) is 5.47. The van der Waals surface area contributed by atoms with Gasteiger partial charge in [0.15, 0.2) is 0 Å². The van der Waals surface area contributed by atoms with Gasteiger partial charge in [0.05, 0.1) is 30.1 Å². The average molecular weight is 239 g/mol. The third-order valence-electron chi connectivity index (χ3n) is 2.79. The van der Waals surface area contributed by atoms with E-state index in [1.54, 1.807) is 31.5 Å². The summed E-state index contributed by atoms with van der Waals surface area (Å²) in [6, 6.07) is 9.13. The number of ether oxygens (including phenoxy) is 1. The zero-order valence-electron chi connectivity index (χ0n) is 10.3. The predicted molar refractivity (Wildman–Crippen MR) is 70.1 cm³/mol. The molecular weight excluding hydrogens is 226 g/mol. The lowest BCUT2D eigenvalue weighted by Gasteiger charge is -2.11. The average Bonchev–Trinajstić information content (AvgIpc) is 2.41. The van der Waals surface area contributed by atoms with Gasteiger partial charge in [-0.25, -0.2) is 0 Å². The number of aryl methyl sites for hydroxylation is 1. The summed E-state index contributed by atoms with van der Waals surface area (Å²) in [5, 5.41) is 8.95. The lowest BCUT2D eigenvalue weighted by Crippen LogP contribution is -1.98. The summed E-state index contributed by atoms with van der Waals surface area (Å²) >= 11 is 0. The van der Waals surface area contributed by atoms with Crippen LogP contribution >= 0.6 is 0 Å². The Morgan fingerprint density at radius 1 is 1.33 bits per heavy atom. The molecule has 0 bridgehead atoms. The number of nitrogens with zero attached hydrogens (tertiary/aromatic N) is 2. The van der Waals surface area contributed by atoms with Crippen LogP contribution in [-0.2, 0) is 0 Å². The quantitative estimate of drug-likeness (QED) is 0.874. The molecule has 0 saturated heterocycles. The molecule has 1 aromatic heterocycles. The van der Waals surface area contributed by atoms with E-state index in [0.717, 1.165) is 11.1 Å². The molecule has 0 fully saturated rings. The van der Waals surface area contributed by atoms with Crippen LogP contribution in [-0.4, -0.2) is 12.1 Å². The topological polar surface area (TPSA) is 71.9 Å². The van der Waals surface area contributed by atoms with E-state index in [9.17, 15) is 0 Å². The molecular formula is C14H13N3O. The lowest BCUT2D eigenvalue weighted by atomic mass is 10.0. The van der Waals surface area contributed by atoms with Gasteiger partial charge in [-0.1, -0.05) is 0 Å². The Balaban J connectivity index is 2.69. The van der Waals surface area contributed by atoms with Gasteiger partial charge < -0.3 is 10.5 Å². The fourth-order valence-corrected chi connectivity index (χ4v) is 1.75. The second-order valence-electron chi connectivity index (χ2n) is 3.92. The summed E-state index contributed by atoms with van der Waals surface area (Å²) in [5.41, 5.74) is 9.51. The van der Waals surface area contributed by atoms with E-state index in [2.05, 4.69) is 11.1 Å². The number of hydrogen-bond donors (Lipinski definition) is 1. The fourth-order valence-electron chi connectivity index (χ4n) is 1.75. The number of nitrogen functional groups attached to an aromatic ring is 1. The molecule has 2 aromatic rings. The van der Waals surface area contributed by atoms with E-state index >= 15 is 0 Å². The van der Waals surface area contributed by atoms with Gasteiger partial charge >= 0.3 is 0 Å². The molecule has 0 spiro atoms. The Hall–Kier alpha value is -2.54. The third-order valence-corrected chi connectivity index (χ3v) is 2.79. The minimum atomic E-state index is 0.550.